The molecular weight excluding hydrogens is 150 g/mol. The Bertz CT molecular complexity index is 220. The Balaban J connectivity index is 2.20. The summed E-state index contributed by atoms with van der Waals surface area (Å²) in [6.45, 7) is 5.30. The van der Waals surface area contributed by atoms with Crippen LogP contribution in [0.1, 0.15) is 12.2 Å². The van der Waals surface area contributed by atoms with Gasteiger partial charge in [0.25, 0.3) is 0 Å². The second kappa shape index (κ2) is 5.43. The summed E-state index contributed by atoms with van der Waals surface area (Å²) in [4.78, 5) is 8.15. The highest BCUT2D eigenvalue weighted by Gasteiger charge is 1.91. The van der Waals surface area contributed by atoms with Crippen LogP contribution in [0.25, 0.3) is 0 Å². The van der Waals surface area contributed by atoms with Gasteiger partial charge in [0.2, 0.25) is 0 Å². The molecule has 1 N–H and O–H groups in total. The lowest BCUT2D eigenvalue weighted by atomic mass is 10.4. The number of aromatic nitrogens is 2. The van der Waals surface area contributed by atoms with E-state index in [0.29, 0.717) is 0 Å². The van der Waals surface area contributed by atoms with Crippen molar-refractivity contribution in [3.8, 4) is 0 Å². The largest absolute Gasteiger partial charge is 0.310 e. The van der Waals surface area contributed by atoms with Crippen LogP contribution in [-0.2, 0) is 6.54 Å². The fraction of sp³-hybridized carbons (Fsp3) is 0.333. The molecule has 0 saturated heterocycles. The second-order valence-corrected chi connectivity index (χ2v) is 2.42. The molecule has 0 atom stereocenters. The molecule has 0 unspecified atom stereocenters. The van der Waals surface area contributed by atoms with Crippen LogP contribution in [0, 0.1) is 0 Å². The van der Waals surface area contributed by atoms with Gasteiger partial charge in [-0.2, -0.15) is 0 Å². The third-order valence-corrected chi connectivity index (χ3v) is 1.43. The lowest BCUT2D eigenvalue weighted by Crippen LogP contribution is -2.15. The Morgan fingerprint density at radius 2 is 2.17 bits per heavy atom. The molecule has 0 spiro atoms. The highest BCUT2D eigenvalue weighted by molar-refractivity contribution is 4.87. The number of hydrogen-bond acceptors (Lipinski definition) is 3. The van der Waals surface area contributed by atoms with Crippen LogP contribution in [0.5, 0.6) is 0 Å². The quantitative estimate of drug-likeness (QED) is 0.522. The third-order valence-electron chi connectivity index (χ3n) is 1.43. The standard InChI is InChI=1S/C9H13N3/c1-2-3-5-10-8-9-11-6-4-7-12-9/h2,4,6-7,10H,1,3,5,8H2. The molecule has 0 radical (unpaired) electrons. The molecule has 3 nitrogen and oxygen atoms in total. The van der Waals surface area contributed by atoms with Gasteiger partial charge in [-0.3, -0.25) is 0 Å². The minimum atomic E-state index is 0.731. The van der Waals surface area contributed by atoms with E-state index in [1.54, 1.807) is 12.4 Å². The second-order valence-electron chi connectivity index (χ2n) is 2.42. The molecular formula is C9H13N3. The first kappa shape index (κ1) is 8.87. The summed E-state index contributed by atoms with van der Waals surface area (Å²) in [5, 5.41) is 3.21. The molecule has 1 heterocycles. The number of nitrogens with zero attached hydrogens (tertiary/aromatic N) is 2. The maximum Gasteiger partial charge on any atom is 0.141 e. The van der Waals surface area contributed by atoms with Gasteiger partial charge >= 0.3 is 0 Å². The zero-order valence-electron chi connectivity index (χ0n) is 7.03. The van der Waals surface area contributed by atoms with Crippen molar-refractivity contribution < 1.29 is 0 Å². The molecule has 0 amide bonds. The summed E-state index contributed by atoms with van der Waals surface area (Å²) in [5.41, 5.74) is 0. The smallest absolute Gasteiger partial charge is 0.141 e. The molecule has 1 aromatic heterocycles. The van der Waals surface area contributed by atoms with E-state index in [1.807, 2.05) is 12.1 Å². The van der Waals surface area contributed by atoms with Crippen LogP contribution in [0.15, 0.2) is 31.1 Å². The predicted molar refractivity (Wildman–Crippen MR) is 48.6 cm³/mol. The van der Waals surface area contributed by atoms with Gasteiger partial charge in [0.05, 0.1) is 6.54 Å². The summed E-state index contributed by atoms with van der Waals surface area (Å²) >= 11 is 0. The zero-order valence-corrected chi connectivity index (χ0v) is 7.03. The lowest BCUT2D eigenvalue weighted by molar-refractivity contribution is 0.666. The summed E-state index contributed by atoms with van der Waals surface area (Å²) in [5.74, 6) is 0.835. The zero-order chi connectivity index (χ0) is 8.65. The van der Waals surface area contributed by atoms with Crippen LogP contribution in [0.3, 0.4) is 0 Å². The molecule has 0 aliphatic heterocycles. The fourth-order valence-corrected chi connectivity index (χ4v) is 0.826. The number of hydrogen-bond donors (Lipinski definition) is 1. The Labute approximate surface area is 72.6 Å². The fourth-order valence-electron chi connectivity index (χ4n) is 0.826. The van der Waals surface area contributed by atoms with Crippen molar-refractivity contribution in [1.29, 1.82) is 0 Å². The predicted octanol–water partition coefficient (Wildman–Crippen LogP) is 1.14. The molecule has 12 heavy (non-hydrogen) atoms. The van der Waals surface area contributed by atoms with Crippen molar-refractivity contribution in [1.82, 2.24) is 15.3 Å². The monoisotopic (exact) mass is 163 g/mol. The van der Waals surface area contributed by atoms with E-state index in [2.05, 4.69) is 21.9 Å². The van der Waals surface area contributed by atoms with Gasteiger partial charge in [0.1, 0.15) is 5.82 Å². The molecule has 0 fully saturated rings. The molecule has 3 heteroatoms. The van der Waals surface area contributed by atoms with Crippen molar-refractivity contribution in [2.45, 2.75) is 13.0 Å². The molecule has 0 aliphatic carbocycles. The Morgan fingerprint density at radius 1 is 1.42 bits per heavy atom. The van der Waals surface area contributed by atoms with E-state index in [9.17, 15) is 0 Å². The minimum absolute atomic E-state index is 0.731. The maximum absolute atomic E-state index is 4.08. The lowest BCUT2D eigenvalue weighted by Gasteiger charge is -1.99. The normalized spacial score (nSPS) is 9.67. The molecule has 0 aromatic carbocycles. The third kappa shape index (κ3) is 3.25. The van der Waals surface area contributed by atoms with Crippen molar-refractivity contribution in [3.63, 3.8) is 0 Å². The molecule has 0 bridgehead atoms. The van der Waals surface area contributed by atoms with Crippen molar-refractivity contribution in [3.05, 3.63) is 36.9 Å². The molecule has 1 rings (SSSR count). The first-order valence-electron chi connectivity index (χ1n) is 4.01. The van der Waals surface area contributed by atoms with Crippen LogP contribution < -0.4 is 5.32 Å². The summed E-state index contributed by atoms with van der Waals surface area (Å²) in [7, 11) is 0. The van der Waals surface area contributed by atoms with Gasteiger partial charge in [-0.1, -0.05) is 6.08 Å². The maximum atomic E-state index is 4.08. The molecule has 1 aromatic rings. The van der Waals surface area contributed by atoms with Gasteiger partial charge in [-0.15, -0.1) is 6.58 Å². The number of rotatable bonds is 5. The van der Waals surface area contributed by atoms with Gasteiger partial charge < -0.3 is 5.32 Å². The number of nitrogens with one attached hydrogen (secondary N) is 1. The molecule has 0 saturated carbocycles. The van der Waals surface area contributed by atoms with Crippen molar-refractivity contribution in [2.24, 2.45) is 0 Å². The average molecular weight is 163 g/mol. The SMILES string of the molecule is C=CCCNCc1ncccn1. The summed E-state index contributed by atoms with van der Waals surface area (Å²) in [6.07, 6.45) is 6.36. The van der Waals surface area contributed by atoms with E-state index in [1.165, 1.54) is 0 Å². The Hall–Kier alpha value is -1.22. The highest BCUT2D eigenvalue weighted by atomic mass is 14.9. The highest BCUT2D eigenvalue weighted by Crippen LogP contribution is 1.86. The van der Waals surface area contributed by atoms with E-state index in [-0.39, 0.29) is 0 Å². The first-order valence-corrected chi connectivity index (χ1v) is 4.01. The van der Waals surface area contributed by atoms with E-state index >= 15 is 0 Å². The van der Waals surface area contributed by atoms with E-state index in [4.69, 9.17) is 0 Å². The minimum Gasteiger partial charge on any atom is -0.310 e. The van der Waals surface area contributed by atoms with Crippen LogP contribution in [-0.4, -0.2) is 16.5 Å². The van der Waals surface area contributed by atoms with E-state index in [0.717, 1.165) is 25.3 Å². The van der Waals surface area contributed by atoms with Crippen LogP contribution in [0.4, 0.5) is 0 Å². The first-order chi connectivity index (χ1) is 5.93. The Morgan fingerprint density at radius 3 is 2.83 bits per heavy atom. The van der Waals surface area contributed by atoms with Gasteiger partial charge in [-0.05, 0) is 19.0 Å². The molecule has 0 aliphatic rings. The van der Waals surface area contributed by atoms with Gasteiger partial charge in [0, 0.05) is 12.4 Å². The topological polar surface area (TPSA) is 37.8 Å². The summed E-state index contributed by atoms with van der Waals surface area (Å²) < 4.78 is 0. The Kier molecular flexibility index (Phi) is 4.02. The van der Waals surface area contributed by atoms with Crippen LogP contribution >= 0.6 is 0 Å². The average Bonchev–Trinajstić information content (AvgIpc) is 2.14. The summed E-state index contributed by atoms with van der Waals surface area (Å²) in [6, 6.07) is 1.81. The van der Waals surface area contributed by atoms with Gasteiger partial charge in [0.15, 0.2) is 0 Å². The molecule has 64 valence electrons. The van der Waals surface area contributed by atoms with Crippen molar-refractivity contribution >= 4 is 0 Å². The van der Waals surface area contributed by atoms with Crippen molar-refractivity contribution in [2.75, 3.05) is 6.54 Å². The van der Waals surface area contributed by atoms with E-state index < -0.39 is 0 Å². The van der Waals surface area contributed by atoms with Crippen LogP contribution in [0.2, 0.25) is 0 Å². The van der Waals surface area contributed by atoms with Gasteiger partial charge in [-0.25, -0.2) is 9.97 Å².